The molecule has 1 heterocycles. The summed E-state index contributed by atoms with van der Waals surface area (Å²) in [5.74, 6) is 0.208. The van der Waals surface area contributed by atoms with Gasteiger partial charge in [-0.3, -0.25) is 0 Å². The van der Waals surface area contributed by atoms with Crippen LogP contribution in [0.4, 0.5) is 23.2 Å². The molecule has 3 aromatic carbocycles. The summed E-state index contributed by atoms with van der Waals surface area (Å²) in [7, 11) is 0. The number of rotatable bonds is 9. The lowest BCUT2D eigenvalue weighted by molar-refractivity contribution is -0.140. The van der Waals surface area contributed by atoms with Gasteiger partial charge in [-0.2, -0.15) is 13.2 Å². The lowest BCUT2D eigenvalue weighted by Gasteiger charge is -2.38. The molecule has 0 aliphatic carbocycles. The van der Waals surface area contributed by atoms with Crippen LogP contribution in [0, 0.1) is 5.82 Å². The fourth-order valence-corrected chi connectivity index (χ4v) is 5.14. The summed E-state index contributed by atoms with van der Waals surface area (Å²) in [6, 6.07) is 18.0. The number of halogens is 4. The first-order valence-electron chi connectivity index (χ1n) is 12.1. The van der Waals surface area contributed by atoms with Gasteiger partial charge in [-0.15, -0.1) is 0 Å². The predicted molar refractivity (Wildman–Crippen MR) is 138 cm³/mol. The topological polar surface area (TPSA) is 50.7 Å². The molecule has 1 aliphatic rings. The zero-order chi connectivity index (χ0) is 26.5. The van der Waals surface area contributed by atoms with Crippen LogP contribution in [0.25, 0.3) is 0 Å². The summed E-state index contributed by atoms with van der Waals surface area (Å²) in [4.78, 5) is 1.24. The zero-order valence-electron chi connectivity index (χ0n) is 20.4. The molecule has 1 saturated heterocycles. The number of hydrogen-bond acceptors (Lipinski definition) is 4. The molecule has 4 rings (SSSR count). The van der Waals surface area contributed by atoms with E-state index < -0.39 is 29.4 Å². The monoisotopic (exact) mass is 536 g/mol. The highest BCUT2D eigenvalue weighted by Gasteiger charge is 2.40. The molecule has 0 spiro atoms. The molecule has 2 N–H and O–H groups in total. The third kappa shape index (κ3) is 6.97. The van der Waals surface area contributed by atoms with E-state index in [4.69, 9.17) is 9.47 Å². The van der Waals surface area contributed by atoms with Crippen molar-refractivity contribution in [1.82, 2.24) is 0 Å². The van der Waals surface area contributed by atoms with E-state index in [0.717, 1.165) is 23.4 Å². The van der Waals surface area contributed by atoms with Gasteiger partial charge in [0, 0.05) is 36.7 Å². The van der Waals surface area contributed by atoms with Gasteiger partial charge in [-0.25, -0.2) is 4.39 Å². The number of anilines is 1. The average Bonchev–Trinajstić information content (AvgIpc) is 2.86. The predicted octanol–water partition coefficient (Wildman–Crippen LogP) is 6.10. The van der Waals surface area contributed by atoms with Crippen LogP contribution >= 0.6 is 0 Å². The quantitative estimate of drug-likeness (QED) is 0.150. The number of aliphatic hydroxyl groups excluding tert-OH is 1. The van der Waals surface area contributed by atoms with Crippen molar-refractivity contribution in [2.45, 2.75) is 49.1 Å². The molecule has 3 aromatic rings. The van der Waals surface area contributed by atoms with Crippen molar-refractivity contribution in [3.05, 3.63) is 89.2 Å². The van der Waals surface area contributed by atoms with E-state index in [0.29, 0.717) is 49.5 Å². The molecule has 37 heavy (non-hydrogen) atoms. The SMILES string of the molecule is CC[SH+]c1ccc(CC(O)Nc2ccc(OC3(c4ccc(C(F)(F)F)c(F)c4)CCOCC3)cc2)cc1. The highest BCUT2D eigenvalue weighted by Crippen LogP contribution is 2.40. The van der Waals surface area contributed by atoms with Crippen molar-refractivity contribution in [3.63, 3.8) is 0 Å². The Labute approximate surface area is 218 Å². The second-order valence-electron chi connectivity index (χ2n) is 8.93. The minimum Gasteiger partial charge on any atom is -0.482 e. The first kappa shape index (κ1) is 27.3. The fraction of sp³-hybridized carbons (Fsp3) is 0.357. The molecular weight excluding hydrogens is 506 g/mol. The van der Waals surface area contributed by atoms with Crippen molar-refractivity contribution < 1.29 is 32.1 Å². The van der Waals surface area contributed by atoms with Gasteiger partial charge in [-0.05, 0) is 66.6 Å². The van der Waals surface area contributed by atoms with Crippen LogP contribution in [0.15, 0.2) is 71.6 Å². The van der Waals surface area contributed by atoms with Gasteiger partial charge in [0.2, 0.25) is 0 Å². The molecule has 0 radical (unpaired) electrons. The molecule has 1 fully saturated rings. The van der Waals surface area contributed by atoms with Crippen LogP contribution < -0.4 is 10.1 Å². The van der Waals surface area contributed by atoms with Gasteiger partial charge in [0.05, 0.1) is 18.8 Å². The number of alkyl halides is 3. The Morgan fingerprint density at radius 3 is 2.30 bits per heavy atom. The van der Waals surface area contributed by atoms with Crippen molar-refractivity contribution in [1.29, 1.82) is 0 Å². The van der Waals surface area contributed by atoms with Gasteiger partial charge in [0.25, 0.3) is 0 Å². The summed E-state index contributed by atoms with van der Waals surface area (Å²) < 4.78 is 65.2. The van der Waals surface area contributed by atoms with Gasteiger partial charge >= 0.3 is 6.18 Å². The van der Waals surface area contributed by atoms with Crippen LogP contribution in [-0.2, 0) is 34.7 Å². The van der Waals surface area contributed by atoms with E-state index in [1.807, 2.05) is 12.1 Å². The molecule has 1 aliphatic heterocycles. The second-order valence-corrected chi connectivity index (χ2v) is 10.4. The number of ether oxygens (including phenoxy) is 2. The molecule has 1 unspecified atom stereocenters. The minimum absolute atomic E-state index is 0.336. The summed E-state index contributed by atoms with van der Waals surface area (Å²) >= 11 is 1.27. The Kier molecular flexibility index (Phi) is 8.67. The Bertz CT molecular complexity index is 1160. The minimum atomic E-state index is -4.77. The van der Waals surface area contributed by atoms with E-state index in [1.54, 1.807) is 24.3 Å². The van der Waals surface area contributed by atoms with E-state index in [9.17, 15) is 22.7 Å². The molecule has 4 nitrogen and oxygen atoms in total. The second kappa shape index (κ2) is 11.8. The van der Waals surface area contributed by atoms with Crippen LogP contribution in [0.2, 0.25) is 0 Å². The lowest BCUT2D eigenvalue weighted by atomic mass is 9.85. The summed E-state index contributed by atoms with van der Waals surface area (Å²) in [6.45, 7) is 2.80. The standard InChI is InChI=1S/C28H29F4NO3S/c1-2-37-23-10-3-19(4-11-23)17-26(34)33-21-6-8-22(9-7-21)36-27(13-15-35-16-14-27)20-5-12-24(25(29)18-20)28(30,31)32/h3-12,18,26,33-34H,2,13-17H2,1H3/p+1. The molecule has 1 atom stereocenters. The molecule has 198 valence electrons. The van der Waals surface area contributed by atoms with Crippen molar-refractivity contribution >= 4 is 17.4 Å². The normalized spacial score (nSPS) is 16.3. The van der Waals surface area contributed by atoms with Gasteiger partial charge in [0.15, 0.2) is 4.90 Å². The molecule has 0 saturated carbocycles. The number of hydrogen-bond donors (Lipinski definition) is 2. The lowest BCUT2D eigenvalue weighted by Crippen LogP contribution is -2.39. The zero-order valence-corrected chi connectivity index (χ0v) is 21.3. The van der Waals surface area contributed by atoms with Crippen molar-refractivity contribution in [2.24, 2.45) is 0 Å². The Balaban J connectivity index is 1.44. The summed E-state index contributed by atoms with van der Waals surface area (Å²) in [5, 5.41) is 13.5. The average molecular weight is 537 g/mol. The third-order valence-electron chi connectivity index (χ3n) is 6.31. The number of aliphatic hydroxyl groups is 1. The van der Waals surface area contributed by atoms with Crippen LogP contribution in [0.5, 0.6) is 5.75 Å². The summed E-state index contributed by atoms with van der Waals surface area (Å²) in [5.41, 5.74) is -0.281. The largest absolute Gasteiger partial charge is 0.482 e. The van der Waals surface area contributed by atoms with E-state index in [1.165, 1.54) is 22.7 Å². The Hall–Kier alpha value is -2.75. The maximum Gasteiger partial charge on any atom is 0.419 e. The number of nitrogens with one attached hydrogen (secondary N) is 1. The fourth-order valence-electron chi connectivity index (χ4n) is 4.41. The van der Waals surface area contributed by atoms with E-state index >= 15 is 0 Å². The number of thiol groups is 1. The highest BCUT2D eigenvalue weighted by molar-refractivity contribution is 7.78. The van der Waals surface area contributed by atoms with Crippen LogP contribution in [-0.4, -0.2) is 30.3 Å². The van der Waals surface area contributed by atoms with Gasteiger partial charge in [0.1, 0.15) is 29.1 Å². The maximum absolute atomic E-state index is 14.4. The van der Waals surface area contributed by atoms with Crippen LogP contribution in [0.3, 0.4) is 0 Å². The third-order valence-corrected chi connectivity index (χ3v) is 7.29. The Morgan fingerprint density at radius 2 is 1.70 bits per heavy atom. The smallest absolute Gasteiger partial charge is 0.419 e. The first-order chi connectivity index (χ1) is 17.7. The molecule has 0 aromatic heterocycles. The molecule has 9 heteroatoms. The van der Waals surface area contributed by atoms with Crippen LogP contribution in [0.1, 0.15) is 36.5 Å². The molecular formula is C28H30F4NO3S+. The summed E-state index contributed by atoms with van der Waals surface area (Å²) in [6.07, 6.45) is -4.39. The van der Waals surface area contributed by atoms with Gasteiger partial charge < -0.3 is 19.9 Å². The van der Waals surface area contributed by atoms with E-state index in [2.05, 4.69) is 24.4 Å². The first-order valence-corrected chi connectivity index (χ1v) is 13.2. The molecule has 0 bridgehead atoms. The van der Waals surface area contributed by atoms with Crippen molar-refractivity contribution in [2.75, 3.05) is 24.3 Å². The maximum atomic E-state index is 14.4. The molecule has 0 amide bonds. The highest BCUT2D eigenvalue weighted by atomic mass is 32.2. The number of benzene rings is 3. The van der Waals surface area contributed by atoms with E-state index in [-0.39, 0.29) is 0 Å². The Morgan fingerprint density at radius 1 is 1.03 bits per heavy atom. The van der Waals surface area contributed by atoms with Gasteiger partial charge in [-0.1, -0.05) is 18.2 Å². The van der Waals surface area contributed by atoms with Crippen molar-refractivity contribution in [3.8, 4) is 5.75 Å².